The van der Waals surface area contributed by atoms with Gasteiger partial charge in [0.15, 0.2) is 0 Å². The lowest BCUT2D eigenvalue weighted by molar-refractivity contribution is -0.137. The normalized spacial score (nSPS) is 10.5. The highest BCUT2D eigenvalue weighted by Gasteiger charge is 1.97. The number of hydrogen-bond acceptors (Lipinski definition) is 3. The number of hydrogen-bond donors (Lipinski definition) is 2. The van der Waals surface area contributed by atoms with Gasteiger partial charge >= 0.3 is 5.97 Å². The van der Waals surface area contributed by atoms with Gasteiger partial charge < -0.3 is 15.6 Å². The first-order valence-corrected chi connectivity index (χ1v) is 8.38. The van der Waals surface area contributed by atoms with Crippen molar-refractivity contribution >= 4 is 11.7 Å². The van der Waals surface area contributed by atoms with Crippen molar-refractivity contribution in [1.29, 1.82) is 0 Å². The highest BCUT2D eigenvalue weighted by atomic mass is 16.5. The predicted molar refractivity (Wildman–Crippen MR) is 90.2 cm³/mol. The number of anilines is 1. The average molecular weight is 307 g/mol. The van der Waals surface area contributed by atoms with Crippen molar-refractivity contribution in [2.24, 2.45) is 0 Å². The molecule has 22 heavy (non-hydrogen) atoms. The molecule has 4 heteroatoms. The number of unbranched alkanes of at least 4 members (excludes halogenated alkanes) is 8. The van der Waals surface area contributed by atoms with E-state index < -0.39 is 5.97 Å². The van der Waals surface area contributed by atoms with Crippen molar-refractivity contribution in [3.63, 3.8) is 0 Å². The summed E-state index contributed by atoms with van der Waals surface area (Å²) in [5.41, 5.74) is 6.43. The first-order chi connectivity index (χ1) is 10.7. The summed E-state index contributed by atoms with van der Waals surface area (Å²) in [7, 11) is 0. The number of carboxylic acids is 1. The molecule has 0 heterocycles. The fraction of sp³-hybridized carbons (Fsp3) is 0.611. The zero-order chi connectivity index (χ0) is 16.0. The number of benzene rings is 1. The molecule has 0 atom stereocenters. The molecule has 1 aromatic carbocycles. The first kappa shape index (κ1) is 18.3. The van der Waals surface area contributed by atoms with Gasteiger partial charge in [-0.25, -0.2) is 0 Å². The van der Waals surface area contributed by atoms with Crippen molar-refractivity contribution in [3.8, 4) is 5.75 Å². The van der Waals surface area contributed by atoms with Crippen LogP contribution in [0.2, 0.25) is 0 Å². The Morgan fingerprint density at radius 2 is 1.55 bits per heavy atom. The topological polar surface area (TPSA) is 72.5 Å². The summed E-state index contributed by atoms with van der Waals surface area (Å²) in [6.07, 6.45) is 10.6. The van der Waals surface area contributed by atoms with Gasteiger partial charge in [-0.3, -0.25) is 4.79 Å². The average Bonchev–Trinajstić information content (AvgIpc) is 2.48. The Hall–Kier alpha value is -1.71. The Bertz CT molecular complexity index is 421. The van der Waals surface area contributed by atoms with Crippen LogP contribution in [-0.4, -0.2) is 17.7 Å². The van der Waals surface area contributed by atoms with E-state index in [9.17, 15) is 4.79 Å². The number of carbonyl (C=O) groups is 1. The lowest BCUT2D eigenvalue weighted by atomic mass is 10.1. The van der Waals surface area contributed by atoms with E-state index in [4.69, 9.17) is 15.6 Å². The Morgan fingerprint density at radius 3 is 2.14 bits per heavy atom. The summed E-state index contributed by atoms with van der Waals surface area (Å²) in [6.45, 7) is 0.749. The molecule has 0 saturated carbocycles. The molecule has 0 bridgehead atoms. The van der Waals surface area contributed by atoms with Crippen LogP contribution in [0.25, 0.3) is 0 Å². The van der Waals surface area contributed by atoms with Crippen LogP contribution in [0.5, 0.6) is 5.75 Å². The molecule has 124 valence electrons. The van der Waals surface area contributed by atoms with Gasteiger partial charge in [-0.05, 0) is 25.0 Å². The van der Waals surface area contributed by atoms with Crippen LogP contribution in [0.3, 0.4) is 0 Å². The second kappa shape index (κ2) is 11.9. The molecule has 4 nitrogen and oxygen atoms in total. The van der Waals surface area contributed by atoms with Gasteiger partial charge in [0.2, 0.25) is 0 Å². The third kappa shape index (κ3) is 10.1. The van der Waals surface area contributed by atoms with Crippen LogP contribution >= 0.6 is 0 Å². The minimum Gasteiger partial charge on any atom is -0.494 e. The summed E-state index contributed by atoms with van der Waals surface area (Å²) in [4.78, 5) is 10.4. The molecule has 3 N–H and O–H groups in total. The predicted octanol–water partition coefficient (Wildman–Crippen LogP) is 4.63. The second-order valence-electron chi connectivity index (χ2n) is 5.75. The minimum atomic E-state index is -0.680. The van der Waals surface area contributed by atoms with Crippen LogP contribution in [0.15, 0.2) is 24.3 Å². The van der Waals surface area contributed by atoms with Crippen LogP contribution in [0, 0.1) is 0 Å². The summed E-state index contributed by atoms with van der Waals surface area (Å²) in [6, 6.07) is 7.54. The lowest BCUT2D eigenvalue weighted by Gasteiger charge is -2.06. The molecule has 0 aromatic heterocycles. The van der Waals surface area contributed by atoms with Crippen LogP contribution < -0.4 is 10.5 Å². The zero-order valence-electron chi connectivity index (χ0n) is 13.4. The summed E-state index contributed by atoms with van der Waals surface area (Å²) >= 11 is 0. The van der Waals surface area contributed by atoms with E-state index in [0.29, 0.717) is 6.42 Å². The van der Waals surface area contributed by atoms with Gasteiger partial charge in [-0.2, -0.15) is 0 Å². The second-order valence-corrected chi connectivity index (χ2v) is 5.75. The molecule has 1 rings (SSSR count). The van der Waals surface area contributed by atoms with Crippen LogP contribution in [0.1, 0.15) is 64.2 Å². The van der Waals surface area contributed by atoms with Gasteiger partial charge in [0, 0.05) is 18.2 Å². The summed E-state index contributed by atoms with van der Waals surface area (Å²) in [5.74, 6) is 0.168. The molecule has 0 aliphatic rings. The highest BCUT2D eigenvalue weighted by molar-refractivity contribution is 5.66. The van der Waals surface area contributed by atoms with E-state index in [1.165, 1.54) is 32.1 Å². The van der Waals surface area contributed by atoms with Crippen LogP contribution in [0.4, 0.5) is 5.69 Å². The molecule has 0 radical (unpaired) electrons. The molecular weight excluding hydrogens is 278 g/mol. The van der Waals surface area contributed by atoms with E-state index >= 15 is 0 Å². The maximum absolute atomic E-state index is 10.4. The first-order valence-electron chi connectivity index (χ1n) is 8.38. The van der Waals surface area contributed by atoms with Crippen molar-refractivity contribution < 1.29 is 14.6 Å². The molecule has 0 saturated heterocycles. The van der Waals surface area contributed by atoms with E-state index in [2.05, 4.69) is 0 Å². The van der Waals surface area contributed by atoms with Gasteiger partial charge in [0.05, 0.1) is 6.61 Å². The maximum Gasteiger partial charge on any atom is 0.303 e. The fourth-order valence-corrected chi connectivity index (χ4v) is 2.41. The fourth-order valence-electron chi connectivity index (χ4n) is 2.41. The molecular formula is C18H29NO3. The smallest absolute Gasteiger partial charge is 0.303 e. The molecule has 0 fully saturated rings. The van der Waals surface area contributed by atoms with Gasteiger partial charge in [0.1, 0.15) is 5.75 Å². The van der Waals surface area contributed by atoms with Gasteiger partial charge in [-0.15, -0.1) is 0 Å². The standard InChI is InChI=1S/C18H29NO3/c19-16-11-10-12-17(15-16)22-14-9-7-5-3-1-2-4-6-8-13-18(20)21/h10-12,15H,1-9,13-14,19H2,(H,20,21). The quantitative estimate of drug-likeness (QED) is 0.411. The Morgan fingerprint density at radius 1 is 0.955 bits per heavy atom. The third-order valence-corrected chi connectivity index (χ3v) is 3.66. The minimum absolute atomic E-state index is 0.313. The third-order valence-electron chi connectivity index (χ3n) is 3.66. The largest absolute Gasteiger partial charge is 0.494 e. The lowest BCUT2D eigenvalue weighted by Crippen LogP contribution is -1.97. The monoisotopic (exact) mass is 307 g/mol. The van der Waals surface area contributed by atoms with Crippen molar-refractivity contribution in [3.05, 3.63) is 24.3 Å². The number of ether oxygens (including phenoxy) is 1. The van der Waals surface area contributed by atoms with E-state index in [0.717, 1.165) is 43.7 Å². The SMILES string of the molecule is Nc1cccc(OCCCCCCCCCCCC(=O)O)c1. The molecule has 0 unspecified atom stereocenters. The van der Waals surface area contributed by atoms with E-state index in [-0.39, 0.29) is 0 Å². The Balaban J connectivity index is 1.83. The van der Waals surface area contributed by atoms with E-state index in [1.807, 2.05) is 24.3 Å². The number of nitrogens with two attached hydrogens (primary N) is 1. The van der Waals surface area contributed by atoms with Crippen molar-refractivity contribution in [1.82, 2.24) is 0 Å². The number of rotatable bonds is 13. The highest BCUT2D eigenvalue weighted by Crippen LogP contribution is 2.15. The number of carboxylic acid groups (broad SMARTS) is 1. The molecule has 0 spiro atoms. The van der Waals surface area contributed by atoms with Crippen molar-refractivity contribution in [2.45, 2.75) is 64.2 Å². The molecule has 1 aromatic rings. The van der Waals surface area contributed by atoms with Crippen molar-refractivity contribution in [2.75, 3.05) is 12.3 Å². The van der Waals surface area contributed by atoms with E-state index in [1.54, 1.807) is 0 Å². The molecule has 0 aliphatic heterocycles. The molecule has 0 amide bonds. The summed E-state index contributed by atoms with van der Waals surface area (Å²) in [5, 5.41) is 8.53. The molecule has 0 aliphatic carbocycles. The number of nitrogen functional groups attached to an aromatic ring is 1. The van der Waals surface area contributed by atoms with Gasteiger partial charge in [0.25, 0.3) is 0 Å². The zero-order valence-corrected chi connectivity index (χ0v) is 13.4. The Labute approximate surface area is 133 Å². The number of aliphatic carboxylic acids is 1. The Kier molecular flexibility index (Phi) is 9.92. The van der Waals surface area contributed by atoms with Gasteiger partial charge in [-0.1, -0.05) is 51.0 Å². The van der Waals surface area contributed by atoms with Crippen LogP contribution in [-0.2, 0) is 4.79 Å². The summed E-state index contributed by atoms with van der Waals surface area (Å²) < 4.78 is 5.65. The maximum atomic E-state index is 10.4.